The summed E-state index contributed by atoms with van der Waals surface area (Å²) in [5, 5.41) is 0. The van der Waals surface area contributed by atoms with E-state index in [1.54, 1.807) is 12.3 Å². The van der Waals surface area contributed by atoms with Crippen molar-refractivity contribution in [3.8, 4) is 0 Å². The van der Waals surface area contributed by atoms with Gasteiger partial charge in [-0.2, -0.15) is 0 Å². The lowest BCUT2D eigenvalue weighted by molar-refractivity contribution is -0.118. The number of aromatic nitrogens is 1. The van der Waals surface area contributed by atoms with E-state index in [0.717, 1.165) is 0 Å². The molecule has 3 heteroatoms. The van der Waals surface area contributed by atoms with Crippen LogP contribution in [0.4, 0.5) is 4.39 Å². The summed E-state index contributed by atoms with van der Waals surface area (Å²) in [4.78, 5) is 14.7. The highest BCUT2D eigenvalue weighted by Gasteiger charge is 2.25. The van der Waals surface area contributed by atoms with Gasteiger partial charge in [-0.15, -0.1) is 0 Å². The molecule has 14 heavy (non-hydrogen) atoms. The van der Waals surface area contributed by atoms with Crippen LogP contribution in [0, 0.1) is 5.82 Å². The molecule has 0 saturated heterocycles. The predicted octanol–water partition coefficient (Wildman–Crippen LogP) is 2.48. The van der Waals surface area contributed by atoms with E-state index in [9.17, 15) is 9.18 Å². The van der Waals surface area contributed by atoms with Gasteiger partial charge >= 0.3 is 0 Å². The Morgan fingerprint density at radius 1 is 1.57 bits per heavy atom. The molecule has 0 atom stereocenters. The number of ketones is 1. The van der Waals surface area contributed by atoms with Crippen LogP contribution < -0.4 is 0 Å². The molecular formula is C11H14FNO. The van der Waals surface area contributed by atoms with Crippen molar-refractivity contribution >= 4 is 5.78 Å². The molecule has 76 valence electrons. The number of rotatable bonds is 3. The molecular weight excluding hydrogens is 181 g/mol. The summed E-state index contributed by atoms with van der Waals surface area (Å²) in [6.45, 7) is 5.22. The first-order valence-corrected chi connectivity index (χ1v) is 4.53. The molecule has 0 aliphatic heterocycles. The molecule has 0 unspecified atom stereocenters. The van der Waals surface area contributed by atoms with Gasteiger partial charge in [-0.05, 0) is 24.0 Å². The molecule has 1 rings (SSSR count). The summed E-state index contributed by atoms with van der Waals surface area (Å²) in [5.74, 6) is -0.287. The highest BCUT2D eigenvalue weighted by Crippen LogP contribution is 2.28. The summed E-state index contributed by atoms with van der Waals surface area (Å²) in [6.07, 6.45) is 3.06. The second-order valence-electron chi connectivity index (χ2n) is 4.12. The molecule has 0 amide bonds. The van der Waals surface area contributed by atoms with E-state index in [1.165, 1.54) is 13.1 Å². The normalized spacial score (nSPS) is 11.4. The van der Waals surface area contributed by atoms with Crippen molar-refractivity contribution in [2.75, 3.05) is 0 Å². The minimum absolute atomic E-state index is 0.0613. The van der Waals surface area contributed by atoms with Gasteiger partial charge in [-0.3, -0.25) is 9.78 Å². The lowest BCUT2D eigenvalue weighted by Crippen LogP contribution is -2.22. The van der Waals surface area contributed by atoms with Gasteiger partial charge in [0.25, 0.3) is 0 Å². The van der Waals surface area contributed by atoms with Crippen molar-refractivity contribution < 1.29 is 9.18 Å². The van der Waals surface area contributed by atoms with Crippen molar-refractivity contribution in [1.82, 2.24) is 4.98 Å². The first kappa shape index (κ1) is 10.8. The van der Waals surface area contributed by atoms with Gasteiger partial charge in [0.1, 0.15) is 11.6 Å². The third kappa shape index (κ3) is 2.37. The third-order valence-electron chi connectivity index (χ3n) is 2.19. The average molecular weight is 195 g/mol. The van der Waals surface area contributed by atoms with Crippen molar-refractivity contribution in [1.29, 1.82) is 0 Å². The van der Waals surface area contributed by atoms with E-state index in [0.29, 0.717) is 12.0 Å². The van der Waals surface area contributed by atoms with Crippen LogP contribution in [0.5, 0.6) is 0 Å². The Kier molecular flexibility index (Phi) is 2.99. The van der Waals surface area contributed by atoms with Crippen LogP contribution in [0.25, 0.3) is 0 Å². The second kappa shape index (κ2) is 3.86. The lowest BCUT2D eigenvalue weighted by Gasteiger charge is -2.23. The molecule has 0 aromatic carbocycles. The van der Waals surface area contributed by atoms with Crippen molar-refractivity contribution in [2.45, 2.75) is 32.6 Å². The molecule has 2 nitrogen and oxygen atoms in total. The fraction of sp³-hybridized carbons (Fsp3) is 0.455. The molecule has 0 aliphatic rings. The molecule has 0 N–H and O–H groups in total. The fourth-order valence-corrected chi connectivity index (χ4v) is 1.64. The number of hydrogen-bond donors (Lipinski definition) is 0. The fourth-order valence-electron chi connectivity index (χ4n) is 1.64. The Bertz CT molecular complexity index is 347. The van der Waals surface area contributed by atoms with Crippen LogP contribution >= 0.6 is 0 Å². The molecule has 0 aliphatic carbocycles. The SMILES string of the molecule is CC(=O)CC(C)(C)c1ccncc1F. The van der Waals surface area contributed by atoms with E-state index < -0.39 is 5.41 Å². The maximum atomic E-state index is 13.4. The maximum Gasteiger partial charge on any atom is 0.145 e. The zero-order valence-corrected chi connectivity index (χ0v) is 8.67. The highest BCUT2D eigenvalue weighted by atomic mass is 19.1. The monoisotopic (exact) mass is 195 g/mol. The van der Waals surface area contributed by atoms with E-state index in [-0.39, 0.29) is 11.6 Å². The summed E-state index contributed by atoms with van der Waals surface area (Å²) < 4.78 is 13.4. The van der Waals surface area contributed by atoms with Gasteiger partial charge in [0.15, 0.2) is 0 Å². The second-order valence-corrected chi connectivity index (χ2v) is 4.12. The molecule has 0 bridgehead atoms. The molecule has 0 saturated carbocycles. The van der Waals surface area contributed by atoms with Crippen molar-refractivity contribution in [2.24, 2.45) is 0 Å². The maximum absolute atomic E-state index is 13.4. The van der Waals surface area contributed by atoms with E-state index in [4.69, 9.17) is 0 Å². The van der Waals surface area contributed by atoms with Crippen LogP contribution in [-0.4, -0.2) is 10.8 Å². The largest absolute Gasteiger partial charge is 0.300 e. The van der Waals surface area contributed by atoms with Gasteiger partial charge in [0.2, 0.25) is 0 Å². The van der Waals surface area contributed by atoms with Gasteiger partial charge in [0.05, 0.1) is 6.20 Å². The van der Waals surface area contributed by atoms with Crippen LogP contribution in [0.1, 0.15) is 32.8 Å². The minimum Gasteiger partial charge on any atom is -0.300 e. The third-order valence-corrected chi connectivity index (χ3v) is 2.19. The Balaban J connectivity index is 3.03. The number of nitrogens with zero attached hydrogens (tertiary/aromatic N) is 1. The molecule has 0 spiro atoms. The van der Waals surface area contributed by atoms with Gasteiger partial charge in [-0.1, -0.05) is 13.8 Å². The average Bonchev–Trinajstić information content (AvgIpc) is 2.02. The van der Waals surface area contributed by atoms with E-state index in [2.05, 4.69) is 4.98 Å². The minimum atomic E-state index is -0.459. The Morgan fingerprint density at radius 3 is 2.71 bits per heavy atom. The summed E-state index contributed by atoms with van der Waals surface area (Å²) >= 11 is 0. The molecule has 0 radical (unpaired) electrons. The Morgan fingerprint density at radius 2 is 2.21 bits per heavy atom. The molecule has 1 aromatic heterocycles. The number of Topliss-reactive ketones (excluding diaryl/α,β-unsaturated/α-hetero) is 1. The van der Waals surface area contributed by atoms with Crippen LogP contribution in [0.2, 0.25) is 0 Å². The topological polar surface area (TPSA) is 30.0 Å². The molecule has 0 fully saturated rings. The quantitative estimate of drug-likeness (QED) is 0.741. The first-order chi connectivity index (χ1) is 6.43. The number of carbonyl (C=O) groups is 1. The van der Waals surface area contributed by atoms with Gasteiger partial charge in [0, 0.05) is 12.6 Å². The molecule has 1 aromatic rings. The van der Waals surface area contributed by atoms with Gasteiger partial charge in [-0.25, -0.2) is 4.39 Å². The number of hydrogen-bond acceptors (Lipinski definition) is 2. The summed E-state index contributed by atoms with van der Waals surface area (Å²) in [6, 6.07) is 1.62. The van der Waals surface area contributed by atoms with E-state index >= 15 is 0 Å². The lowest BCUT2D eigenvalue weighted by atomic mass is 9.80. The molecule has 1 heterocycles. The standard InChI is InChI=1S/C11H14FNO/c1-8(14)6-11(2,3)9-4-5-13-7-10(9)12/h4-5,7H,6H2,1-3H3. The van der Waals surface area contributed by atoms with Crippen LogP contribution in [-0.2, 0) is 10.2 Å². The zero-order chi connectivity index (χ0) is 10.8. The number of carbonyl (C=O) groups excluding carboxylic acids is 1. The smallest absolute Gasteiger partial charge is 0.145 e. The number of halogens is 1. The van der Waals surface area contributed by atoms with Crippen molar-refractivity contribution in [3.63, 3.8) is 0 Å². The first-order valence-electron chi connectivity index (χ1n) is 4.53. The van der Waals surface area contributed by atoms with Crippen molar-refractivity contribution in [3.05, 3.63) is 29.8 Å². The summed E-state index contributed by atoms with van der Waals surface area (Å²) in [7, 11) is 0. The number of pyridine rings is 1. The Hall–Kier alpha value is -1.25. The van der Waals surface area contributed by atoms with Crippen LogP contribution in [0.15, 0.2) is 18.5 Å². The van der Waals surface area contributed by atoms with Crippen LogP contribution in [0.3, 0.4) is 0 Å². The van der Waals surface area contributed by atoms with Gasteiger partial charge < -0.3 is 0 Å². The Labute approximate surface area is 83.2 Å². The van der Waals surface area contributed by atoms with E-state index in [1.807, 2.05) is 13.8 Å². The summed E-state index contributed by atoms with van der Waals surface area (Å²) in [5.41, 5.74) is 0.0847. The zero-order valence-electron chi connectivity index (χ0n) is 8.67. The highest BCUT2D eigenvalue weighted by molar-refractivity contribution is 5.77. The predicted molar refractivity (Wildman–Crippen MR) is 52.5 cm³/mol.